The number of alkyl carbamates (subject to hydrolysis) is 1. The number of rotatable bonds is 10. The second kappa shape index (κ2) is 10.2. The van der Waals surface area contributed by atoms with Crippen LogP contribution < -0.4 is 10.8 Å². The van der Waals surface area contributed by atoms with E-state index in [1.807, 2.05) is 0 Å². The van der Waals surface area contributed by atoms with Crippen LogP contribution in [0.15, 0.2) is 24.3 Å². The van der Waals surface area contributed by atoms with Gasteiger partial charge in [0.05, 0.1) is 6.61 Å². The van der Waals surface area contributed by atoms with E-state index in [4.69, 9.17) is 9.57 Å². The predicted molar refractivity (Wildman–Crippen MR) is 112 cm³/mol. The average Bonchev–Trinajstić information content (AvgIpc) is 3.52. The summed E-state index contributed by atoms with van der Waals surface area (Å²) < 4.78 is 5.39. The van der Waals surface area contributed by atoms with Gasteiger partial charge in [-0.15, -0.1) is 5.48 Å². The molecule has 4 aliphatic rings. The molecule has 4 bridgehead atoms. The van der Waals surface area contributed by atoms with Crippen LogP contribution in [0.1, 0.15) is 51.4 Å². The largest absolute Gasteiger partial charge is 0.449 e. The average molecular weight is 399 g/mol. The highest BCUT2D eigenvalue weighted by atomic mass is 16.6. The van der Waals surface area contributed by atoms with Crippen molar-refractivity contribution in [3.63, 3.8) is 0 Å². The van der Waals surface area contributed by atoms with Crippen LogP contribution in [-0.4, -0.2) is 25.8 Å². The topological polar surface area (TPSA) is 59.6 Å². The minimum Gasteiger partial charge on any atom is -0.449 e. The summed E-state index contributed by atoms with van der Waals surface area (Å²) in [6, 6.07) is 0. The van der Waals surface area contributed by atoms with Crippen molar-refractivity contribution in [2.45, 2.75) is 51.4 Å². The van der Waals surface area contributed by atoms with Crippen LogP contribution in [-0.2, 0) is 9.57 Å². The molecule has 2 fully saturated rings. The fraction of sp³-hybridized carbons (Fsp3) is 0.708. The van der Waals surface area contributed by atoms with Crippen LogP contribution in [0.25, 0.3) is 0 Å². The van der Waals surface area contributed by atoms with Crippen molar-refractivity contribution in [3.05, 3.63) is 24.3 Å². The van der Waals surface area contributed by atoms with Crippen molar-refractivity contribution >= 4 is 6.09 Å². The maximum Gasteiger partial charge on any atom is 0.407 e. The Morgan fingerprint density at radius 1 is 0.897 bits per heavy atom. The first kappa shape index (κ1) is 20.3. The van der Waals surface area contributed by atoms with Gasteiger partial charge in [0.1, 0.15) is 6.11 Å². The summed E-state index contributed by atoms with van der Waals surface area (Å²) in [4.78, 5) is 17.0. The van der Waals surface area contributed by atoms with Crippen LogP contribution in [0.5, 0.6) is 0 Å². The first-order valence-electron chi connectivity index (χ1n) is 11.4. The van der Waals surface area contributed by atoms with Crippen molar-refractivity contribution in [1.29, 1.82) is 0 Å². The molecule has 6 atom stereocenters. The summed E-state index contributed by atoms with van der Waals surface area (Å²) in [5.74, 6) is 7.01. The van der Waals surface area contributed by atoms with Gasteiger partial charge in [-0.2, -0.15) is 0 Å². The lowest BCUT2D eigenvalue weighted by Gasteiger charge is -2.17. The van der Waals surface area contributed by atoms with Gasteiger partial charge in [-0.1, -0.05) is 43.1 Å². The first-order chi connectivity index (χ1) is 14.3. The lowest BCUT2D eigenvalue weighted by Crippen LogP contribution is -2.28. The molecule has 158 valence electrons. The zero-order valence-electron chi connectivity index (χ0n) is 17.3. The Morgan fingerprint density at radius 3 is 2.34 bits per heavy atom. The number of amides is 1. The molecule has 0 radical (unpaired) electrons. The van der Waals surface area contributed by atoms with E-state index >= 15 is 0 Å². The van der Waals surface area contributed by atoms with Gasteiger partial charge in [0, 0.05) is 24.9 Å². The summed E-state index contributed by atoms with van der Waals surface area (Å²) in [6.45, 7) is 2.05. The smallest absolute Gasteiger partial charge is 0.407 e. The summed E-state index contributed by atoms with van der Waals surface area (Å²) in [6.07, 6.45) is 20.9. The standard InChI is InChI=1S/C24H34N2O3/c27-24(28-17-23-16-19-6-8-21(23)14-19)25-10-3-1-2-4-11-26-29-12-9-22-15-18-5-7-20(22)13-18/h5-8,18-23,26H,1-4,10-11,13-17H2,(H,25,27). The number of carbonyl (C=O) groups is 1. The van der Waals surface area contributed by atoms with Gasteiger partial charge in [0.2, 0.25) is 0 Å². The van der Waals surface area contributed by atoms with Gasteiger partial charge in [-0.05, 0) is 62.2 Å². The zero-order valence-corrected chi connectivity index (χ0v) is 17.3. The number of ether oxygens (including phenoxy) is 1. The van der Waals surface area contributed by atoms with Crippen LogP contribution in [0.2, 0.25) is 0 Å². The quantitative estimate of drug-likeness (QED) is 0.251. The molecule has 2 N–H and O–H groups in total. The van der Waals surface area contributed by atoms with E-state index in [1.54, 1.807) is 0 Å². The minimum atomic E-state index is -0.267. The second-order valence-electron chi connectivity index (χ2n) is 9.11. The molecule has 29 heavy (non-hydrogen) atoms. The van der Waals surface area contributed by atoms with E-state index in [0.717, 1.165) is 44.1 Å². The first-order valence-corrected chi connectivity index (χ1v) is 11.4. The highest BCUT2D eigenvalue weighted by molar-refractivity contribution is 5.67. The maximum atomic E-state index is 11.8. The minimum absolute atomic E-state index is 0.267. The lowest BCUT2D eigenvalue weighted by molar-refractivity contribution is 0.120. The van der Waals surface area contributed by atoms with E-state index in [-0.39, 0.29) is 6.09 Å². The van der Waals surface area contributed by atoms with Gasteiger partial charge in [-0.25, -0.2) is 4.79 Å². The number of carbonyl (C=O) groups excluding carboxylic acids is 1. The number of hydrogen-bond donors (Lipinski definition) is 2. The molecule has 2 saturated carbocycles. The Balaban J connectivity index is 0.927. The summed E-state index contributed by atoms with van der Waals surface area (Å²) >= 11 is 0. The van der Waals surface area contributed by atoms with Crippen molar-refractivity contribution in [1.82, 2.24) is 10.8 Å². The van der Waals surface area contributed by atoms with Gasteiger partial charge in [0.25, 0.3) is 0 Å². The molecule has 1 amide bonds. The van der Waals surface area contributed by atoms with E-state index in [1.165, 1.54) is 25.7 Å². The molecule has 4 rings (SSSR count). The number of allylic oxidation sites excluding steroid dienone is 4. The number of unbranched alkanes of at least 4 members (excludes halogenated alkanes) is 3. The molecule has 0 heterocycles. The summed E-state index contributed by atoms with van der Waals surface area (Å²) in [7, 11) is 0. The van der Waals surface area contributed by atoms with Crippen LogP contribution in [0.3, 0.4) is 0 Å². The molecular weight excluding hydrogens is 364 g/mol. The molecule has 5 heteroatoms. The SMILES string of the molecule is O=C(NCCCCCCNOC#CC1CC2C=CC1C2)OCC1CC2C=CC1C2. The molecule has 0 aliphatic heterocycles. The van der Waals surface area contributed by atoms with Gasteiger partial charge < -0.3 is 14.9 Å². The fourth-order valence-electron chi connectivity index (χ4n) is 5.33. The second-order valence-corrected chi connectivity index (χ2v) is 9.11. The van der Waals surface area contributed by atoms with Gasteiger partial charge in [-0.3, -0.25) is 0 Å². The molecule has 0 aromatic rings. The zero-order chi connectivity index (χ0) is 19.9. The Morgan fingerprint density at radius 2 is 1.66 bits per heavy atom. The number of nitrogens with one attached hydrogen (secondary N) is 2. The third-order valence-electron chi connectivity index (χ3n) is 6.97. The van der Waals surface area contributed by atoms with E-state index in [2.05, 4.69) is 47.1 Å². The van der Waals surface area contributed by atoms with E-state index in [0.29, 0.717) is 36.8 Å². The third-order valence-corrected chi connectivity index (χ3v) is 6.97. The highest BCUT2D eigenvalue weighted by Gasteiger charge is 2.36. The molecule has 0 spiro atoms. The van der Waals surface area contributed by atoms with Crippen molar-refractivity contribution in [3.8, 4) is 12.0 Å². The van der Waals surface area contributed by atoms with Crippen molar-refractivity contribution in [2.24, 2.45) is 35.5 Å². The predicted octanol–water partition coefficient (Wildman–Crippen LogP) is 4.18. The molecule has 0 aromatic heterocycles. The number of fused-ring (bicyclic) bond motifs is 4. The van der Waals surface area contributed by atoms with Crippen molar-refractivity contribution < 1.29 is 14.4 Å². The van der Waals surface area contributed by atoms with Crippen LogP contribution >= 0.6 is 0 Å². The summed E-state index contributed by atoms with van der Waals surface area (Å²) in [5.41, 5.74) is 2.93. The molecule has 4 aliphatic carbocycles. The van der Waals surface area contributed by atoms with Crippen LogP contribution in [0, 0.1) is 47.5 Å². The highest BCUT2D eigenvalue weighted by Crippen LogP contribution is 2.43. The number of hydroxylamine groups is 1. The maximum absolute atomic E-state index is 11.8. The Hall–Kier alpha value is -1.93. The molecular formula is C24H34N2O3. The molecule has 0 saturated heterocycles. The third kappa shape index (κ3) is 5.79. The lowest BCUT2D eigenvalue weighted by atomic mass is 9.95. The van der Waals surface area contributed by atoms with Crippen LogP contribution in [0.4, 0.5) is 4.79 Å². The van der Waals surface area contributed by atoms with Gasteiger partial charge in [0.15, 0.2) is 0 Å². The van der Waals surface area contributed by atoms with Gasteiger partial charge >= 0.3 is 6.09 Å². The fourth-order valence-corrected chi connectivity index (χ4v) is 5.33. The van der Waals surface area contributed by atoms with E-state index < -0.39 is 0 Å². The molecule has 0 aromatic carbocycles. The number of hydrogen-bond acceptors (Lipinski definition) is 4. The summed E-state index contributed by atoms with van der Waals surface area (Å²) in [5, 5.41) is 2.87. The van der Waals surface area contributed by atoms with E-state index in [9.17, 15) is 4.79 Å². The Labute approximate surface area is 174 Å². The molecule has 6 unspecified atom stereocenters. The van der Waals surface area contributed by atoms with Crippen molar-refractivity contribution in [2.75, 3.05) is 19.7 Å². The molecule has 5 nitrogen and oxygen atoms in total. The normalized spacial score (nSPS) is 33.0. The monoisotopic (exact) mass is 398 g/mol. The Kier molecular flexibility index (Phi) is 7.16. The Bertz CT molecular complexity index is 677.